The summed E-state index contributed by atoms with van der Waals surface area (Å²) >= 11 is 0. The van der Waals surface area contributed by atoms with E-state index >= 15 is 0 Å². The first-order valence-electron chi connectivity index (χ1n) is 5.63. The number of carbonyl (C=O) groups is 2. The van der Waals surface area contributed by atoms with Gasteiger partial charge in [0.25, 0.3) is 0 Å². The summed E-state index contributed by atoms with van der Waals surface area (Å²) in [6.07, 6.45) is 1.16. The number of rotatable bonds is 3. The molecular weight excluding hydrogens is 244 g/mol. The molecular formula is C10H18N2O4S. The van der Waals surface area contributed by atoms with E-state index in [9.17, 15) is 18.0 Å². The molecule has 1 N–H and O–H groups in total. The molecule has 17 heavy (non-hydrogen) atoms. The largest absolute Gasteiger partial charge is 0.348 e. The summed E-state index contributed by atoms with van der Waals surface area (Å²) in [6, 6.07) is -0.375. The summed E-state index contributed by atoms with van der Waals surface area (Å²) < 4.78 is 22.5. The minimum atomic E-state index is -3.04. The zero-order valence-electron chi connectivity index (χ0n) is 10.1. The average Bonchev–Trinajstić information content (AvgIpc) is 2.64. The van der Waals surface area contributed by atoms with Crippen molar-refractivity contribution in [2.75, 3.05) is 25.1 Å². The van der Waals surface area contributed by atoms with E-state index in [0.29, 0.717) is 13.0 Å². The lowest BCUT2D eigenvalue weighted by molar-refractivity contribution is -0.146. The fourth-order valence-corrected chi connectivity index (χ4v) is 3.50. The van der Waals surface area contributed by atoms with Gasteiger partial charge in [0.1, 0.15) is 0 Å². The Balaban J connectivity index is 2.56. The Kier molecular flexibility index (Phi) is 4.50. The van der Waals surface area contributed by atoms with Crippen molar-refractivity contribution in [2.24, 2.45) is 0 Å². The molecule has 1 fully saturated rings. The number of hydrogen-bond acceptors (Lipinski definition) is 4. The molecule has 1 aliphatic heterocycles. The van der Waals surface area contributed by atoms with Crippen LogP contribution >= 0.6 is 0 Å². The molecule has 0 radical (unpaired) electrons. The Morgan fingerprint density at radius 1 is 1.41 bits per heavy atom. The highest BCUT2D eigenvalue weighted by Gasteiger charge is 2.34. The molecule has 0 aromatic heterocycles. The van der Waals surface area contributed by atoms with Crippen LogP contribution in [0.1, 0.15) is 19.8 Å². The van der Waals surface area contributed by atoms with Crippen LogP contribution in [-0.2, 0) is 19.4 Å². The van der Waals surface area contributed by atoms with Gasteiger partial charge in [0, 0.05) is 19.6 Å². The maximum Gasteiger partial charge on any atom is 0.311 e. The molecule has 1 heterocycles. The van der Waals surface area contributed by atoms with E-state index in [0.717, 1.165) is 6.42 Å². The average molecular weight is 262 g/mol. The molecule has 1 aliphatic rings. The summed E-state index contributed by atoms with van der Waals surface area (Å²) in [5, 5.41) is 2.48. The number of carbonyl (C=O) groups excluding carboxylic acids is 2. The van der Waals surface area contributed by atoms with Gasteiger partial charge in [0.05, 0.1) is 11.5 Å². The second-order valence-corrected chi connectivity index (χ2v) is 6.46. The molecule has 7 heteroatoms. The summed E-state index contributed by atoms with van der Waals surface area (Å²) in [5.74, 6) is -1.29. The molecule has 0 aliphatic carbocycles. The molecule has 1 unspecified atom stereocenters. The second-order valence-electron chi connectivity index (χ2n) is 4.23. The molecule has 0 saturated carbocycles. The van der Waals surface area contributed by atoms with Gasteiger partial charge in [-0.3, -0.25) is 9.59 Å². The van der Waals surface area contributed by atoms with E-state index in [1.54, 1.807) is 0 Å². The van der Waals surface area contributed by atoms with E-state index in [1.807, 2.05) is 6.92 Å². The minimum Gasteiger partial charge on any atom is -0.348 e. The van der Waals surface area contributed by atoms with E-state index in [2.05, 4.69) is 5.32 Å². The summed E-state index contributed by atoms with van der Waals surface area (Å²) in [6.45, 7) is 2.33. The number of likely N-dealkylation sites (N-methyl/N-ethyl adjacent to an activating group) is 1. The van der Waals surface area contributed by atoms with Crippen molar-refractivity contribution in [1.29, 1.82) is 0 Å². The predicted molar refractivity (Wildman–Crippen MR) is 63.1 cm³/mol. The fourth-order valence-electron chi connectivity index (χ4n) is 1.72. The molecule has 0 aromatic rings. The van der Waals surface area contributed by atoms with E-state index in [-0.39, 0.29) is 17.5 Å². The first-order valence-corrected chi connectivity index (χ1v) is 7.45. The number of nitrogens with one attached hydrogen (secondary N) is 1. The van der Waals surface area contributed by atoms with Crippen LogP contribution in [0.4, 0.5) is 0 Å². The van der Waals surface area contributed by atoms with Crippen LogP contribution in [-0.4, -0.2) is 56.3 Å². The summed E-state index contributed by atoms with van der Waals surface area (Å²) in [4.78, 5) is 24.3. The van der Waals surface area contributed by atoms with Crippen LogP contribution in [0, 0.1) is 0 Å². The van der Waals surface area contributed by atoms with Crippen molar-refractivity contribution in [3.05, 3.63) is 0 Å². The number of hydrogen-bond donors (Lipinski definition) is 1. The Hall–Kier alpha value is -1.11. The maximum absolute atomic E-state index is 11.7. The molecule has 0 aromatic carbocycles. The van der Waals surface area contributed by atoms with Crippen molar-refractivity contribution < 1.29 is 18.0 Å². The monoisotopic (exact) mass is 262 g/mol. The lowest BCUT2D eigenvalue weighted by atomic mass is 10.2. The van der Waals surface area contributed by atoms with Gasteiger partial charge in [0.15, 0.2) is 9.84 Å². The molecule has 0 bridgehead atoms. The van der Waals surface area contributed by atoms with Crippen molar-refractivity contribution in [3.8, 4) is 0 Å². The van der Waals surface area contributed by atoms with Crippen LogP contribution in [0.25, 0.3) is 0 Å². The standard InChI is InChI=1S/C10H18N2O4S/c1-3-5-11-9(13)10(14)12(2)8-4-6-17(15,16)7-8/h8H,3-7H2,1-2H3,(H,11,13). The number of amides is 2. The maximum atomic E-state index is 11.7. The Labute approximate surface area is 101 Å². The molecule has 1 rings (SSSR count). The SMILES string of the molecule is CCCNC(=O)C(=O)N(C)C1CCS(=O)(=O)C1. The minimum absolute atomic E-state index is 0.0453. The first kappa shape index (κ1) is 14.0. The van der Waals surface area contributed by atoms with Crippen molar-refractivity contribution in [1.82, 2.24) is 10.2 Å². The Morgan fingerprint density at radius 3 is 2.53 bits per heavy atom. The van der Waals surface area contributed by atoms with Crippen molar-refractivity contribution in [2.45, 2.75) is 25.8 Å². The second kappa shape index (κ2) is 5.48. The Morgan fingerprint density at radius 2 is 2.06 bits per heavy atom. The first-order chi connectivity index (χ1) is 7.87. The normalized spacial score (nSPS) is 22.1. The van der Waals surface area contributed by atoms with Crippen LogP contribution in [0.5, 0.6) is 0 Å². The zero-order valence-corrected chi connectivity index (χ0v) is 10.9. The summed E-state index contributed by atoms with van der Waals surface area (Å²) in [7, 11) is -1.57. The molecule has 1 saturated heterocycles. The van der Waals surface area contributed by atoms with Crippen molar-refractivity contribution in [3.63, 3.8) is 0 Å². The van der Waals surface area contributed by atoms with Gasteiger partial charge in [-0.1, -0.05) is 6.92 Å². The third-order valence-electron chi connectivity index (χ3n) is 2.81. The van der Waals surface area contributed by atoms with Gasteiger partial charge >= 0.3 is 11.8 Å². The lowest BCUT2D eigenvalue weighted by Crippen LogP contribution is -2.46. The highest BCUT2D eigenvalue weighted by Crippen LogP contribution is 2.16. The van der Waals surface area contributed by atoms with Crippen LogP contribution in [0.15, 0.2) is 0 Å². The van der Waals surface area contributed by atoms with Gasteiger partial charge in [-0.15, -0.1) is 0 Å². The topological polar surface area (TPSA) is 83.6 Å². The third-order valence-corrected chi connectivity index (χ3v) is 4.56. The van der Waals surface area contributed by atoms with Gasteiger partial charge < -0.3 is 10.2 Å². The van der Waals surface area contributed by atoms with Crippen LogP contribution in [0.2, 0.25) is 0 Å². The third kappa shape index (κ3) is 3.69. The molecule has 98 valence electrons. The van der Waals surface area contributed by atoms with Gasteiger partial charge in [-0.05, 0) is 12.8 Å². The zero-order chi connectivity index (χ0) is 13.1. The molecule has 6 nitrogen and oxygen atoms in total. The van der Waals surface area contributed by atoms with Crippen molar-refractivity contribution >= 4 is 21.7 Å². The van der Waals surface area contributed by atoms with E-state index in [1.165, 1.54) is 11.9 Å². The number of nitrogens with zero attached hydrogens (tertiary/aromatic N) is 1. The number of sulfone groups is 1. The predicted octanol–water partition coefficient (Wildman–Crippen LogP) is -0.842. The highest BCUT2D eigenvalue weighted by molar-refractivity contribution is 7.91. The van der Waals surface area contributed by atoms with E-state index < -0.39 is 21.7 Å². The van der Waals surface area contributed by atoms with E-state index in [4.69, 9.17) is 0 Å². The summed E-state index contributed by atoms with van der Waals surface area (Å²) in [5.41, 5.74) is 0. The smallest absolute Gasteiger partial charge is 0.311 e. The highest BCUT2D eigenvalue weighted by atomic mass is 32.2. The molecule has 0 spiro atoms. The van der Waals surface area contributed by atoms with Gasteiger partial charge in [0.2, 0.25) is 0 Å². The fraction of sp³-hybridized carbons (Fsp3) is 0.800. The lowest BCUT2D eigenvalue weighted by Gasteiger charge is -2.22. The quantitative estimate of drug-likeness (QED) is 0.672. The molecule has 1 atom stereocenters. The van der Waals surface area contributed by atoms with Gasteiger partial charge in [-0.25, -0.2) is 8.42 Å². The Bertz CT molecular complexity index is 405. The molecule has 2 amide bonds. The van der Waals surface area contributed by atoms with Crippen LogP contribution < -0.4 is 5.32 Å². The van der Waals surface area contributed by atoms with Crippen LogP contribution in [0.3, 0.4) is 0 Å². The van der Waals surface area contributed by atoms with Gasteiger partial charge in [-0.2, -0.15) is 0 Å².